The number of aromatic nitrogens is 4. The molecule has 8 heteroatoms. The highest BCUT2D eigenvalue weighted by molar-refractivity contribution is 5.77. The highest BCUT2D eigenvalue weighted by atomic mass is 16.1. The number of piperidine rings is 2. The summed E-state index contributed by atoms with van der Waals surface area (Å²) >= 11 is 0. The largest absolute Gasteiger partial charge is 0.371 e. The lowest BCUT2D eigenvalue weighted by Gasteiger charge is -2.46. The van der Waals surface area contributed by atoms with Crippen LogP contribution in [0.3, 0.4) is 0 Å². The number of nitrogens with zero attached hydrogens (tertiary/aromatic N) is 6. The number of nitrogens with one attached hydrogen (secondary N) is 1. The van der Waals surface area contributed by atoms with Crippen LogP contribution in [0.15, 0.2) is 78.2 Å². The lowest BCUT2D eigenvalue weighted by molar-refractivity contribution is 0.0945. The van der Waals surface area contributed by atoms with Gasteiger partial charge in [0.25, 0.3) is 5.56 Å². The third kappa shape index (κ3) is 4.60. The highest BCUT2D eigenvalue weighted by Gasteiger charge is 2.36. The maximum atomic E-state index is 13.1. The molecular weight excluding hydrogens is 474 g/mol. The van der Waals surface area contributed by atoms with Gasteiger partial charge in [-0.15, -0.1) is 6.58 Å². The Morgan fingerprint density at radius 1 is 0.947 bits per heavy atom. The first-order valence-electron chi connectivity index (χ1n) is 13.5. The summed E-state index contributed by atoms with van der Waals surface area (Å²) in [6.07, 6.45) is 8.54. The summed E-state index contributed by atoms with van der Waals surface area (Å²) in [4.78, 5) is 27.2. The molecule has 2 saturated heterocycles. The second-order valence-electron chi connectivity index (χ2n) is 10.7. The number of hydrogen-bond donors (Lipinski definition) is 1. The van der Waals surface area contributed by atoms with Crippen molar-refractivity contribution in [2.24, 2.45) is 5.41 Å². The zero-order valence-electron chi connectivity index (χ0n) is 22.0. The lowest BCUT2D eigenvalue weighted by Crippen LogP contribution is -2.46. The quantitative estimate of drug-likeness (QED) is 0.376. The minimum atomic E-state index is -0.136. The van der Waals surface area contributed by atoms with Gasteiger partial charge in [-0.3, -0.25) is 4.79 Å². The van der Waals surface area contributed by atoms with Crippen LogP contribution in [-0.4, -0.2) is 57.5 Å². The Bertz CT molecular complexity index is 1470. The smallest absolute Gasteiger partial charge is 0.278 e. The van der Waals surface area contributed by atoms with E-state index < -0.39 is 0 Å². The van der Waals surface area contributed by atoms with Crippen LogP contribution in [0.25, 0.3) is 16.7 Å². The zero-order chi connectivity index (χ0) is 26.1. The Balaban J connectivity index is 1.20. The number of fused-ring (bicyclic) bond motifs is 1. The van der Waals surface area contributed by atoms with Crippen molar-refractivity contribution >= 4 is 28.4 Å². The first kappa shape index (κ1) is 24.4. The van der Waals surface area contributed by atoms with Crippen LogP contribution in [0.5, 0.6) is 0 Å². The van der Waals surface area contributed by atoms with Crippen molar-refractivity contribution in [3.05, 3.63) is 83.8 Å². The number of likely N-dealkylation sites (tertiary alicyclic amines) is 1. The third-order valence-electron chi connectivity index (χ3n) is 8.34. The van der Waals surface area contributed by atoms with Crippen LogP contribution < -0.4 is 15.8 Å². The molecule has 2 aliphatic rings. The monoisotopic (exact) mass is 509 g/mol. The minimum absolute atomic E-state index is 0.136. The number of allylic oxidation sites excluding steroid dienone is 1. The van der Waals surface area contributed by atoms with Gasteiger partial charge in [0.2, 0.25) is 5.95 Å². The molecule has 196 valence electrons. The average molecular weight is 510 g/mol. The van der Waals surface area contributed by atoms with Crippen molar-refractivity contribution in [1.29, 1.82) is 0 Å². The summed E-state index contributed by atoms with van der Waals surface area (Å²) < 4.78 is 3.47. The predicted molar refractivity (Wildman–Crippen MR) is 154 cm³/mol. The molecule has 0 unspecified atom stereocenters. The van der Waals surface area contributed by atoms with E-state index in [-0.39, 0.29) is 5.56 Å². The van der Waals surface area contributed by atoms with Gasteiger partial charge < -0.3 is 15.1 Å². The molecule has 2 fully saturated rings. The summed E-state index contributed by atoms with van der Waals surface area (Å²) in [5.74, 6) is 0.452. The van der Waals surface area contributed by atoms with Gasteiger partial charge >= 0.3 is 0 Å². The van der Waals surface area contributed by atoms with Crippen molar-refractivity contribution in [3.8, 4) is 5.69 Å². The fourth-order valence-corrected chi connectivity index (χ4v) is 5.92. The van der Waals surface area contributed by atoms with Gasteiger partial charge in [-0.1, -0.05) is 24.3 Å². The van der Waals surface area contributed by atoms with Gasteiger partial charge in [-0.25, -0.2) is 14.3 Å². The van der Waals surface area contributed by atoms with E-state index >= 15 is 0 Å². The molecule has 38 heavy (non-hydrogen) atoms. The van der Waals surface area contributed by atoms with Crippen molar-refractivity contribution in [1.82, 2.24) is 24.2 Å². The van der Waals surface area contributed by atoms with E-state index in [1.165, 1.54) is 44.5 Å². The minimum Gasteiger partial charge on any atom is -0.371 e. The summed E-state index contributed by atoms with van der Waals surface area (Å²) in [5, 5.41) is 3.80. The third-order valence-corrected chi connectivity index (χ3v) is 8.34. The number of para-hydroxylation sites is 1. The number of rotatable bonds is 6. The number of benzene rings is 2. The van der Waals surface area contributed by atoms with Gasteiger partial charge in [0.15, 0.2) is 5.65 Å². The second kappa shape index (κ2) is 10.1. The highest BCUT2D eigenvalue weighted by Crippen LogP contribution is 2.42. The summed E-state index contributed by atoms with van der Waals surface area (Å²) in [5.41, 5.74) is 4.01. The zero-order valence-corrected chi connectivity index (χ0v) is 22.0. The Morgan fingerprint density at radius 2 is 1.63 bits per heavy atom. The standard InChI is InChI=1S/C30H35N7O/c1-3-17-36-28(38)26-22-31-29(33-27(26)37(36)25-7-5-4-6-8-25)32-23-9-11-24(12-10-23)35-20-15-30(16-21-35)13-18-34(2)19-14-30/h3-12,22H,1,13-21H2,2H3,(H,31,32,33). The molecule has 0 saturated carbocycles. The van der Waals surface area contributed by atoms with Gasteiger partial charge in [-0.2, -0.15) is 4.98 Å². The molecule has 4 heterocycles. The van der Waals surface area contributed by atoms with Gasteiger partial charge in [0.1, 0.15) is 5.39 Å². The fraction of sp³-hybridized carbons (Fsp3) is 0.367. The molecule has 0 amide bonds. The van der Waals surface area contributed by atoms with E-state index in [1.807, 2.05) is 35.0 Å². The van der Waals surface area contributed by atoms with Crippen molar-refractivity contribution < 1.29 is 0 Å². The SMILES string of the molecule is C=CCn1c(=O)c2cnc(Nc3ccc(N4CCC5(CCN(C)CC5)CC4)cc3)nc2n1-c1ccccc1. The first-order valence-corrected chi connectivity index (χ1v) is 13.5. The molecule has 1 N–H and O–H groups in total. The molecule has 6 rings (SSSR count). The normalized spacial score (nSPS) is 17.7. The Kier molecular flexibility index (Phi) is 6.49. The molecule has 2 aromatic carbocycles. The Morgan fingerprint density at radius 3 is 2.32 bits per heavy atom. The molecule has 1 spiro atoms. The van der Waals surface area contributed by atoms with Crippen LogP contribution in [0.4, 0.5) is 17.3 Å². The summed E-state index contributed by atoms with van der Waals surface area (Å²) in [7, 11) is 2.24. The Hall–Kier alpha value is -3.91. The molecule has 0 atom stereocenters. The molecule has 8 nitrogen and oxygen atoms in total. The van der Waals surface area contributed by atoms with Crippen LogP contribution in [0.1, 0.15) is 25.7 Å². The maximum absolute atomic E-state index is 13.1. The van der Waals surface area contributed by atoms with Crippen LogP contribution in [0.2, 0.25) is 0 Å². The van der Waals surface area contributed by atoms with Crippen LogP contribution >= 0.6 is 0 Å². The molecule has 4 aromatic rings. The fourth-order valence-electron chi connectivity index (χ4n) is 5.92. The lowest BCUT2D eigenvalue weighted by atomic mass is 9.71. The summed E-state index contributed by atoms with van der Waals surface area (Å²) in [6.45, 7) is 8.89. The van der Waals surface area contributed by atoms with E-state index in [4.69, 9.17) is 4.98 Å². The van der Waals surface area contributed by atoms with E-state index in [2.05, 4.69) is 58.0 Å². The molecular formula is C30H35N7O. The van der Waals surface area contributed by atoms with E-state index in [9.17, 15) is 4.79 Å². The van der Waals surface area contributed by atoms with Gasteiger partial charge in [-0.05, 0) is 87.6 Å². The van der Waals surface area contributed by atoms with E-state index in [0.29, 0.717) is 28.9 Å². The van der Waals surface area contributed by atoms with Crippen molar-refractivity contribution in [2.75, 3.05) is 43.4 Å². The molecule has 2 aromatic heterocycles. The molecule has 0 bridgehead atoms. The van der Waals surface area contributed by atoms with Crippen LogP contribution in [-0.2, 0) is 6.54 Å². The Labute approximate surface area is 223 Å². The van der Waals surface area contributed by atoms with Crippen LogP contribution in [0, 0.1) is 5.41 Å². The molecule has 0 radical (unpaired) electrons. The predicted octanol–water partition coefficient (Wildman–Crippen LogP) is 4.82. The summed E-state index contributed by atoms with van der Waals surface area (Å²) in [6, 6.07) is 18.3. The average Bonchev–Trinajstić information content (AvgIpc) is 3.22. The molecule has 2 aliphatic heterocycles. The topological polar surface area (TPSA) is 71.2 Å². The maximum Gasteiger partial charge on any atom is 0.278 e. The van der Waals surface area contributed by atoms with E-state index in [0.717, 1.165) is 24.5 Å². The van der Waals surface area contributed by atoms with Gasteiger partial charge in [0.05, 0.1) is 12.2 Å². The number of hydrogen-bond acceptors (Lipinski definition) is 6. The second-order valence-corrected chi connectivity index (χ2v) is 10.7. The van der Waals surface area contributed by atoms with Crippen molar-refractivity contribution in [2.45, 2.75) is 32.2 Å². The van der Waals surface area contributed by atoms with Crippen molar-refractivity contribution in [3.63, 3.8) is 0 Å². The van der Waals surface area contributed by atoms with E-state index in [1.54, 1.807) is 17.0 Å². The van der Waals surface area contributed by atoms with Gasteiger partial charge in [0, 0.05) is 30.7 Å². The molecule has 0 aliphatic carbocycles. The first-order chi connectivity index (χ1) is 18.5. The number of anilines is 3.